The lowest BCUT2D eigenvalue weighted by Crippen LogP contribution is -2.04. The zero-order valence-corrected chi connectivity index (χ0v) is 14.0. The SMILES string of the molecule is CO/N=C(/C=C/c1ccccc1)OCCCSc1ccccc1. The summed E-state index contributed by atoms with van der Waals surface area (Å²) in [5.41, 5.74) is 1.10. The molecule has 0 aromatic heterocycles. The highest BCUT2D eigenvalue weighted by Gasteiger charge is 1.98. The second kappa shape index (κ2) is 10.5. The molecule has 2 aromatic rings. The summed E-state index contributed by atoms with van der Waals surface area (Å²) in [6.07, 6.45) is 4.72. The summed E-state index contributed by atoms with van der Waals surface area (Å²) in [4.78, 5) is 6.11. The first-order valence-electron chi connectivity index (χ1n) is 7.53. The fraction of sp³-hybridized carbons (Fsp3) is 0.211. The fourth-order valence-electron chi connectivity index (χ4n) is 1.87. The second-order valence-electron chi connectivity index (χ2n) is 4.72. The average Bonchev–Trinajstić information content (AvgIpc) is 2.61. The number of hydrogen-bond donors (Lipinski definition) is 0. The van der Waals surface area contributed by atoms with E-state index in [0.29, 0.717) is 12.5 Å². The Morgan fingerprint density at radius 2 is 1.74 bits per heavy atom. The van der Waals surface area contributed by atoms with Crippen molar-refractivity contribution in [3.63, 3.8) is 0 Å². The van der Waals surface area contributed by atoms with Gasteiger partial charge in [-0.2, -0.15) is 0 Å². The van der Waals surface area contributed by atoms with Crippen LogP contribution in [0, 0.1) is 0 Å². The maximum absolute atomic E-state index is 5.67. The summed E-state index contributed by atoms with van der Waals surface area (Å²) in [5.74, 6) is 1.49. The molecule has 0 spiro atoms. The van der Waals surface area contributed by atoms with E-state index < -0.39 is 0 Å². The second-order valence-corrected chi connectivity index (χ2v) is 5.89. The third-order valence-electron chi connectivity index (χ3n) is 2.95. The number of hydrogen-bond acceptors (Lipinski definition) is 4. The molecule has 0 saturated heterocycles. The van der Waals surface area contributed by atoms with Crippen molar-refractivity contribution in [1.29, 1.82) is 0 Å². The molecule has 2 rings (SSSR count). The molecule has 0 N–H and O–H groups in total. The summed E-state index contributed by atoms with van der Waals surface area (Å²) in [7, 11) is 1.52. The van der Waals surface area contributed by atoms with E-state index in [1.807, 2.05) is 60.3 Å². The van der Waals surface area contributed by atoms with E-state index in [9.17, 15) is 0 Å². The summed E-state index contributed by atoms with van der Waals surface area (Å²) >= 11 is 1.83. The molecule has 0 radical (unpaired) electrons. The summed E-state index contributed by atoms with van der Waals surface area (Å²) in [6.45, 7) is 0.612. The number of ether oxygens (including phenoxy) is 1. The number of nitrogens with zero attached hydrogens (tertiary/aromatic N) is 1. The Hall–Kier alpha value is -2.20. The minimum Gasteiger partial charge on any atom is -0.476 e. The van der Waals surface area contributed by atoms with Gasteiger partial charge in [-0.15, -0.1) is 11.8 Å². The van der Waals surface area contributed by atoms with Crippen LogP contribution in [0.4, 0.5) is 0 Å². The highest BCUT2D eigenvalue weighted by molar-refractivity contribution is 7.99. The van der Waals surface area contributed by atoms with Crippen molar-refractivity contribution in [3.05, 3.63) is 72.3 Å². The van der Waals surface area contributed by atoms with Gasteiger partial charge in [-0.1, -0.05) is 48.5 Å². The van der Waals surface area contributed by atoms with Gasteiger partial charge in [0.25, 0.3) is 0 Å². The number of rotatable bonds is 8. The molecular formula is C19H21NO2S. The Bertz CT molecular complexity index is 612. The molecule has 0 atom stereocenters. The van der Waals surface area contributed by atoms with Gasteiger partial charge in [-0.3, -0.25) is 0 Å². The molecule has 120 valence electrons. The smallest absolute Gasteiger partial charge is 0.250 e. The molecular weight excluding hydrogens is 306 g/mol. The van der Waals surface area contributed by atoms with Crippen molar-refractivity contribution in [3.8, 4) is 0 Å². The quantitative estimate of drug-likeness (QED) is 0.228. The highest BCUT2D eigenvalue weighted by atomic mass is 32.2. The maximum atomic E-state index is 5.67. The van der Waals surface area contributed by atoms with Gasteiger partial charge >= 0.3 is 0 Å². The van der Waals surface area contributed by atoms with Crippen molar-refractivity contribution in [2.45, 2.75) is 11.3 Å². The number of thioether (sulfide) groups is 1. The van der Waals surface area contributed by atoms with E-state index in [2.05, 4.69) is 29.4 Å². The standard InChI is InChI=1S/C19H21NO2S/c1-21-20-19(14-13-17-9-4-2-5-10-17)22-15-8-16-23-18-11-6-3-7-12-18/h2-7,9-14H,8,15-16H2,1H3/b14-13+,20-19-. The van der Waals surface area contributed by atoms with Gasteiger partial charge in [-0.25, -0.2) is 0 Å². The van der Waals surface area contributed by atoms with Gasteiger partial charge in [0.2, 0.25) is 5.90 Å². The number of benzene rings is 2. The van der Waals surface area contributed by atoms with Crippen LogP contribution in [0.3, 0.4) is 0 Å². The third-order valence-corrected chi connectivity index (χ3v) is 4.05. The van der Waals surface area contributed by atoms with Crippen LogP contribution in [0.25, 0.3) is 6.08 Å². The molecule has 0 unspecified atom stereocenters. The molecule has 0 aliphatic carbocycles. The molecule has 3 nitrogen and oxygen atoms in total. The Balaban J connectivity index is 1.72. The Kier molecular flexibility index (Phi) is 7.84. The van der Waals surface area contributed by atoms with Crippen LogP contribution in [0.2, 0.25) is 0 Å². The zero-order chi connectivity index (χ0) is 16.2. The van der Waals surface area contributed by atoms with Crippen molar-refractivity contribution in [2.24, 2.45) is 5.16 Å². The highest BCUT2D eigenvalue weighted by Crippen LogP contribution is 2.17. The molecule has 0 amide bonds. The van der Waals surface area contributed by atoms with Gasteiger partial charge in [0.15, 0.2) is 0 Å². The van der Waals surface area contributed by atoms with Gasteiger partial charge in [0.1, 0.15) is 7.11 Å². The predicted octanol–water partition coefficient (Wildman–Crippen LogP) is 4.86. The van der Waals surface area contributed by atoms with E-state index in [-0.39, 0.29) is 0 Å². The lowest BCUT2D eigenvalue weighted by molar-refractivity contribution is 0.192. The summed E-state index contributed by atoms with van der Waals surface area (Å²) < 4.78 is 5.67. The van der Waals surface area contributed by atoms with E-state index in [1.165, 1.54) is 12.0 Å². The lowest BCUT2D eigenvalue weighted by atomic mass is 10.2. The first-order chi connectivity index (χ1) is 11.4. The van der Waals surface area contributed by atoms with Crippen molar-refractivity contribution in [1.82, 2.24) is 0 Å². The van der Waals surface area contributed by atoms with E-state index in [4.69, 9.17) is 9.57 Å². The molecule has 0 aliphatic heterocycles. The molecule has 0 fully saturated rings. The largest absolute Gasteiger partial charge is 0.476 e. The molecule has 23 heavy (non-hydrogen) atoms. The normalized spacial score (nSPS) is 11.6. The van der Waals surface area contributed by atoms with Crippen LogP contribution >= 0.6 is 11.8 Å². The minimum absolute atomic E-state index is 0.487. The van der Waals surface area contributed by atoms with E-state index in [1.54, 1.807) is 0 Å². The van der Waals surface area contributed by atoms with Crippen LogP contribution in [0.15, 0.2) is 76.8 Å². The Labute approximate surface area is 142 Å². The molecule has 4 heteroatoms. The third kappa shape index (κ3) is 7.06. The summed E-state index contributed by atoms with van der Waals surface area (Å²) in [6, 6.07) is 20.4. The molecule has 0 bridgehead atoms. The molecule has 0 heterocycles. The average molecular weight is 327 g/mol. The minimum atomic E-state index is 0.487. The Morgan fingerprint density at radius 1 is 1.04 bits per heavy atom. The predicted molar refractivity (Wildman–Crippen MR) is 97.7 cm³/mol. The van der Waals surface area contributed by atoms with Gasteiger partial charge < -0.3 is 9.57 Å². The van der Waals surface area contributed by atoms with Crippen LogP contribution < -0.4 is 0 Å². The van der Waals surface area contributed by atoms with Crippen LogP contribution in [0.1, 0.15) is 12.0 Å². The topological polar surface area (TPSA) is 30.8 Å². The van der Waals surface area contributed by atoms with Crippen molar-refractivity contribution >= 4 is 23.7 Å². The first-order valence-corrected chi connectivity index (χ1v) is 8.52. The molecule has 2 aromatic carbocycles. The van der Waals surface area contributed by atoms with E-state index >= 15 is 0 Å². The molecule has 0 saturated carbocycles. The van der Waals surface area contributed by atoms with Crippen molar-refractivity contribution < 1.29 is 9.57 Å². The van der Waals surface area contributed by atoms with E-state index in [0.717, 1.165) is 17.7 Å². The van der Waals surface area contributed by atoms with Gasteiger partial charge in [-0.05, 0) is 35.3 Å². The van der Waals surface area contributed by atoms with Crippen LogP contribution in [0.5, 0.6) is 0 Å². The lowest BCUT2D eigenvalue weighted by Gasteiger charge is -2.05. The van der Waals surface area contributed by atoms with Gasteiger partial charge in [0, 0.05) is 16.7 Å². The van der Waals surface area contributed by atoms with Crippen LogP contribution in [-0.4, -0.2) is 25.4 Å². The monoisotopic (exact) mass is 327 g/mol. The maximum Gasteiger partial charge on any atom is 0.250 e. The number of oxime groups is 1. The van der Waals surface area contributed by atoms with Gasteiger partial charge in [0.05, 0.1) is 6.61 Å². The summed E-state index contributed by atoms with van der Waals surface area (Å²) in [5, 5.41) is 3.90. The Morgan fingerprint density at radius 3 is 2.43 bits per heavy atom. The first kappa shape index (κ1) is 17.2. The zero-order valence-electron chi connectivity index (χ0n) is 13.2. The molecule has 0 aliphatic rings. The fourth-order valence-corrected chi connectivity index (χ4v) is 2.72. The van der Waals surface area contributed by atoms with Crippen molar-refractivity contribution in [2.75, 3.05) is 19.5 Å². The van der Waals surface area contributed by atoms with Crippen LogP contribution in [-0.2, 0) is 9.57 Å².